The number of aromatic amines is 1. The van der Waals surface area contributed by atoms with E-state index in [-0.39, 0.29) is 17.9 Å². The van der Waals surface area contributed by atoms with E-state index >= 15 is 0 Å². The molecule has 4 rings (SSSR count). The Labute approximate surface area is 203 Å². The van der Waals surface area contributed by atoms with Crippen molar-refractivity contribution in [1.29, 1.82) is 0 Å². The minimum Gasteiger partial charge on any atom is -0.489 e. The standard InChI is InChI=1S/C23H19Cl2F2NO4S/c24-16-10-28-11-17(25)15(16)9-19(31-22(29)21-2-1-7-33-21)14-5-6-18(32-23(26)27)20(8-14)30-12-13-3-4-13/h1-2,5-8,10-11,13,19,23H,3-4,9,12H2/p+1/t19-/m0/s1. The molecule has 3 aromatic rings. The molecule has 2 aromatic heterocycles. The van der Waals surface area contributed by atoms with Gasteiger partial charge in [0.05, 0.1) is 6.61 Å². The predicted octanol–water partition coefficient (Wildman–Crippen LogP) is 6.40. The number of hydrogen-bond donors (Lipinski definition) is 0. The van der Waals surface area contributed by atoms with Crippen LogP contribution in [0.15, 0.2) is 48.1 Å². The molecule has 0 radical (unpaired) electrons. The molecular weight excluding hydrogens is 495 g/mol. The topological polar surface area (TPSA) is 58.9 Å². The number of halogens is 4. The average molecular weight is 515 g/mol. The van der Waals surface area contributed by atoms with Gasteiger partial charge in [-0.05, 0) is 47.9 Å². The summed E-state index contributed by atoms with van der Waals surface area (Å²) < 4.78 is 42.0. The molecule has 0 saturated heterocycles. The number of carbonyl (C=O) groups excluding carboxylic acids is 1. The van der Waals surface area contributed by atoms with Crippen molar-refractivity contribution < 1.29 is 32.8 Å². The highest BCUT2D eigenvalue weighted by atomic mass is 35.5. The zero-order valence-electron chi connectivity index (χ0n) is 17.2. The van der Waals surface area contributed by atoms with Gasteiger partial charge in [-0.25, -0.2) is 9.78 Å². The van der Waals surface area contributed by atoms with Crippen LogP contribution in [0, 0.1) is 5.92 Å². The van der Waals surface area contributed by atoms with Gasteiger partial charge in [-0.15, -0.1) is 11.3 Å². The Bertz CT molecular complexity index is 1090. The summed E-state index contributed by atoms with van der Waals surface area (Å²) in [4.78, 5) is 16.0. The molecule has 1 aliphatic carbocycles. The SMILES string of the molecule is O=C(O[C@@H](Cc1c(Cl)c[nH+]cc1Cl)c1ccc(OC(F)F)c(OCC2CC2)c1)c1cccs1. The van der Waals surface area contributed by atoms with E-state index in [1.165, 1.54) is 17.4 Å². The summed E-state index contributed by atoms with van der Waals surface area (Å²) in [5.41, 5.74) is 1.11. The zero-order valence-corrected chi connectivity index (χ0v) is 19.6. The van der Waals surface area contributed by atoms with Crippen LogP contribution in [-0.2, 0) is 11.2 Å². The van der Waals surface area contributed by atoms with Gasteiger partial charge in [-0.3, -0.25) is 0 Å². The second kappa shape index (κ2) is 10.7. The number of hydrogen-bond acceptors (Lipinski definition) is 5. The van der Waals surface area contributed by atoms with Crippen molar-refractivity contribution in [1.82, 2.24) is 0 Å². The molecule has 1 saturated carbocycles. The highest BCUT2D eigenvalue weighted by Crippen LogP contribution is 2.38. The molecule has 5 nitrogen and oxygen atoms in total. The summed E-state index contributed by atoms with van der Waals surface area (Å²) in [5.74, 6) is -0.0321. The molecule has 0 amide bonds. The molecule has 2 heterocycles. The van der Waals surface area contributed by atoms with Crippen LogP contribution in [-0.4, -0.2) is 19.2 Å². The summed E-state index contributed by atoms with van der Waals surface area (Å²) in [6.07, 6.45) is 4.58. The number of alkyl halides is 2. The van der Waals surface area contributed by atoms with Gasteiger partial charge < -0.3 is 14.2 Å². The van der Waals surface area contributed by atoms with Crippen LogP contribution in [0.2, 0.25) is 10.0 Å². The van der Waals surface area contributed by atoms with Gasteiger partial charge in [0.2, 0.25) is 0 Å². The van der Waals surface area contributed by atoms with E-state index in [0.29, 0.717) is 38.6 Å². The molecule has 0 spiro atoms. The minimum absolute atomic E-state index is 0.0805. The third-order valence-corrected chi connectivity index (χ3v) is 6.61. The van der Waals surface area contributed by atoms with Gasteiger partial charge in [0.25, 0.3) is 0 Å². The highest BCUT2D eigenvalue weighted by Gasteiger charge is 2.26. The second-order valence-corrected chi connectivity index (χ2v) is 9.31. The van der Waals surface area contributed by atoms with Crippen LogP contribution < -0.4 is 14.5 Å². The van der Waals surface area contributed by atoms with E-state index in [2.05, 4.69) is 9.72 Å². The molecule has 1 atom stereocenters. The van der Waals surface area contributed by atoms with E-state index < -0.39 is 18.7 Å². The third kappa shape index (κ3) is 6.34. The fourth-order valence-electron chi connectivity index (χ4n) is 3.19. The first-order chi connectivity index (χ1) is 15.9. The molecule has 0 aliphatic heterocycles. The molecule has 1 N–H and O–H groups in total. The normalized spacial score (nSPS) is 14.2. The van der Waals surface area contributed by atoms with Gasteiger partial charge in [0.15, 0.2) is 23.9 Å². The van der Waals surface area contributed by atoms with E-state index in [0.717, 1.165) is 12.8 Å². The fraction of sp³-hybridized carbons (Fsp3) is 0.304. The summed E-state index contributed by atoms with van der Waals surface area (Å²) in [6.45, 7) is -2.60. The number of pyridine rings is 1. The number of benzene rings is 1. The Hall–Kier alpha value is -2.42. The Morgan fingerprint density at radius 2 is 1.91 bits per heavy atom. The first-order valence-corrected chi connectivity index (χ1v) is 11.8. The first-order valence-electron chi connectivity index (χ1n) is 10.2. The van der Waals surface area contributed by atoms with E-state index in [4.69, 9.17) is 32.7 Å². The smallest absolute Gasteiger partial charge is 0.387 e. The molecule has 1 aliphatic rings. The maximum atomic E-state index is 12.9. The Morgan fingerprint density at radius 1 is 1.15 bits per heavy atom. The van der Waals surface area contributed by atoms with Crippen molar-refractivity contribution >= 4 is 40.5 Å². The van der Waals surface area contributed by atoms with Crippen LogP contribution in [0.1, 0.15) is 39.7 Å². The lowest BCUT2D eigenvalue weighted by Gasteiger charge is -2.21. The number of ether oxygens (including phenoxy) is 3. The minimum atomic E-state index is -3.00. The molecule has 1 aromatic carbocycles. The lowest BCUT2D eigenvalue weighted by Crippen LogP contribution is -2.15. The first kappa shape index (κ1) is 23.7. The molecule has 0 unspecified atom stereocenters. The number of esters is 1. The maximum Gasteiger partial charge on any atom is 0.387 e. The van der Waals surface area contributed by atoms with Crippen molar-refractivity contribution in [2.24, 2.45) is 5.92 Å². The van der Waals surface area contributed by atoms with Crippen LogP contribution in [0.5, 0.6) is 11.5 Å². The van der Waals surface area contributed by atoms with Crippen LogP contribution in [0.3, 0.4) is 0 Å². The summed E-state index contributed by atoms with van der Waals surface area (Å²) in [6, 6.07) is 7.91. The van der Waals surface area contributed by atoms with Crippen molar-refractivity contribution in [2.45, 2.75) is 32.0 Å². The van der Waals surface area contributed by atoms with Gasteiger partial charge in [-0.1, -0.05) is 35.3 Å². The van der Waals surface area contributed by atoms with Gasteiger partial charge in [-0.2, -0.15) is 8.78 Å². The number of carbonyl (C=O) groups is 1. The third-order valence-electron chi connectivity index (χ3n) is 5.08. The molecule has 10 heteroatoms. The number of nitrogens with one attached hydrogen (secondary N) is 1. The van der Waals surface area contributed by atoms with E-state index in [1.807, 2.05) is 0 Å². The number of H-pyrrole nitrogens is 1. The summed E-state index contributed by atoms with van der Waals surface area (Å²) >= 11 is 13.9. The van der Waals surface area contributed by atoms with Crippen LogP contribution >= 0.6 is 34.5 Å². The maximum absolute atomic E-state index is 12.9. The number of aromatic nitrogens is 1. The Morgan fingerprint density at radius 3 is 2.55 bits per heavy atom. The Kier molecular flexibility index (Phi) is 7.67. The van der Waals surface area contributed by atoms with E-state index in [1.54, 1.807) is 42.0 Å². The molecule has 0 bridgehead atoms. The van der Waals surface area contributed by atoms with Gasteiger partial charge in [0.1, 0.15) is 21.0 Å². The molecule has 174 valence electrons. The summed E-state index contributed by atoms with van der Waals surface area (Å²) in [7, 11) is 0. The summed E-state index contributed by atoms with van der Waals surface area (Å²) in [5, 5.41) is 2.53. The number of rotatable bonds is 10. The number of thiophene rings is 1. The monoisotopic (exact) mass is 514 g/mol. The average Bonchev–Trinajstić information content (AvgIpc) is 3.44. The quantitative estimate of drug-likeness (QED) is 0.293. The highest BCUT2D eigenvalue weighted by molar-refractivity contribution is 7.11. The van der Waals surface area contributed by atoms with Gasteiger partial charge >= 0.3 is 12.6 Å². The zero-order chi connectivity index (χ0) is 23.4. The van der Waals surface area contributed by atoms with E-state index in [9.17, 15) is 13.6 Å². The lowest BCUT2D eigenvalue weighted by atomic mass is 10.0. The molecular formula is C23H20Cl2F2NO4S+. The van der Waals surface area contributed by atoms with Crippen LogP contribution in [0.25, 0.3) is 0 Å². The molecule has 1 fully saturated rings. The fourth-order valence-corrected chi connectivity index (χ4v) is 4.33. The van der Waals surface area contributed by atoms with Gasteiger partial charge in [0, 0.05) is 12.0 Å². The van der Waals surface area contributed by atoms with Crippen molar-refractivity contribution in [3.63, 3.8) is 0 Å². The van der Waals surface area contributed by atoms with Crippen molar-refractivity contribution in [2.75, 3.05) is 6.61 Å². The van der Waals surface area contributed by atoms with Crippen LogP contribution in [0.4, 0.5) is 8.78 Å². The lowest BCUT2D eigenvalue weighted by molar-refractivity contribution is -0.377. The second-order valence-electron chi connectivity index (χ2n) is 7.54. The largest absolute Gasteiger partial charge is 0.489 e. The van der Waals surface area contributed by atoms with Crippen molar-refractivity contribution in [3.8, 4) is 11.5 Å². The molecule has 33 heavy (non-hydrogen) atoms. The van der Waals surface area contributed by atoms with Crippen molar-refractivity contribution in [3.05, 3.63) is 74.2 Å². The predicted molar refractivity (Wildman–Crippen MR) is 120 cm³/mol. The Balaban J connectivity index is 1.66.